The molecule has 2 rings (SSSR count). The molecule has 3 nitrogen and oxygen atoms in total. The lowest BCUT2D eigenvalue weighted by Crippen LogP contribution is -2.29. The number of carbonyl (C=O) groups is 1. The van der Waals surface area contributed by atoms with Gasteiger partial charge in [0.2, 0.25) is 0 Å². The number of carboxylic acids is 1. The summed E-state index contributed by atoms with van der Waals surface area (Å²) in [5.41, 5.74) is 2.55. The Morgan fingerprint density at radius 3 is 2.45 bits per heavy atom. The van der Waals surface area contributed by atoms with Gasteiger partial charge in [-0.2, -0.15) is 0 Å². The summed E-state index contributed by atoms with van der Waals surface area (Å²) in [7, 11) is 0. The van der Waals surface area contributed by atoms with Gasteiger partial charge in [-0.15, -0.1) is 0 Å². The van der Waals surface area contributed by atoms with Crippen molar-refractivity contribution in [2.24, 2.45) is 5.41 Å². The molecule has 2 N–H and O–H groups in total. The third-order valence-corrected chi connectivity index (χ3v) is 4.54. The second-order valence-corrected chi connectivity index (χ2v) is 6.42. The summed E-state index contributed by atoms with van der Waals surface area (Å²) in [6.07, 6.45) is 5.38. The summed E-state index contributed by atoms with van der Waals surface area (Å²) in [5, 5.41) is 12.5. The van der Waals surface area contributed by atoms with Gasteiger partial charge in [0, 0.05) is 13.1 Å². The molecule has 1 unspecified atom stereocenters. The van der Waals surface area contributed by atoms with Crippen LogP contribution in [0.25, 0.3) is 0 Å². The van der Waals surface area contributed by atoms with Gasteiger partial charge in [0.1, 0.15) is 0 Å². The highest BCUT2D eigenvalue weighted by atomic mass is 16.4. The van der Waals surface area contributed by atoms with E-state index in [1.807, 2.05) is 24.3 Å². The number of hydrogen-bond acceptors (Lipinski definition) is 2. The van der Waals surface area contributed by atoms with Gasteiger partial charge in [-0.25, -0.2) is 0 Å². The molecule has 1 saturated carbocycles. The van der Waals surface area contributed by atoms with Crippen LogP contribution in [0.5, 0.6) is 0 Å². The average molecular weight is 275 g/mol. The first-order chi connectivity index (χ1) is 9.50. The molecule has 1 aromatic rings. The summed E-state index contributed by atoms with van der Waals surface area (Å²) >= 11 is 0. The minimum Gasteiger partial charge on any atom is -0.481 e. The van der Waals surface area contributed by atoms with Crippen molar-refractivity contribution in [1.82, 2.24) is 5.32 Å². The van der Waals surface area contributed by atoms with Crippen LogP contribution in [0.1, 0.15) is 56.6 Å². The number of aliphatic carboxylic acids is 1. The zero-order valence-corrected chi connectivity index (χ0v) is 12.5. The zero-order valence-electron chi connectivity index (χ0n) is 12.5. The Balaban J connectivity index is 1.83. The number of nitrogens with one attached hydrogen (secondary N) is 1. The molecule has 1 aliphatic carbocycles. The maximum atomic E-state index is 10.9. The molecule has 0 bridgehead atoms. The molecular weight excluding hydrogens is 250 g/mol. The fraction of sp³-hybridized carbons (Fsp3) is 0.588. The predicted molar refractivity (Wildman–Crippen MR) is 80.8 cm³/mol. The van der Waals surface area contributed by atoms with Crippen LogP contribution >= 0.6 is 0 Å². The topological polar surface area (TPSA) is 49.3 Å². The van der Waals surface area contributed by atoms with Gasteiger partial charge in [0.05, 0.1) is 5.92 Å². The standard InChI is InChI=1S/C17H25NO2/c1-13(16(19)20)15-7-5-14(6-8-15)11-18-12-17(2)9-3-4-10-17/h5-8,13,18H,3-4,9-12H2,1-2H3,(H,19,20). The van der Waals surface area contributed by atoms with Crippen molar-refractivity contribution in [3.8, 4) is 0 Å². The number of rotatable bonds is 6. The Hall–Kier alpha value is -1.35. The first-order valence-corrected chi connectivity index (χ1v) is 7.53. The normalized spacial score (nSPS) is 18.9. The third kappa shape index (κ3) is 3.83. The molecule has 1 aliphatic rings. The van der Waals surface area contributed by atoms with Crippen molar-refractivity contribution in [3.05, 3.63) is 35.4 Å². The molecule has 3 heteroatoms. The Bertz CT molecular complexity index is 447. The summed E-state index contributed by atoms with van der Waals surface area (Å²) in [4.78, 5) is 10.9. The van der Waals surface area contributed by atoms with Crippen LogP contribution in [-0.2, 0) is 11.3 Å². The Labute approximate surface area is 121 Å². The highest BCUT2D eigenvalue weighted by Gasteiger charge is 2.27. The van der Waals surface area contributed by atoms with Gasteiger partial charge in [-0.3, -0.25) is 4.79 Å². The van der Waals surface area contributed by atoms with Crippen molar-refractivity contribution in [2.75, 3.05) is 6.54 Å². The van der Waals surface area contributed by atoms with Gasteiger partial charge in [-0.05, 0) is 36.3 Å². The highest BCUT2D eigenvalue weighted by Crippen LogP contribution is 2.36. The van der Waals surface area contributed by atoms with Crippen LogP contribution in [0.15, 0.2) is 24.3 Å². The molecule has 1 fully saturated rings. The highest BCUT2D eigenvalue weighted by molar-refractivity contribution is 5.75. The number of benzene rings is 1. The lowest BCUT2D eigenvalue weighted by molar-refractivity contribution is -0.138. The largest absolute Gasteiger partial charge is 0.481 e. The van der Waals surface area contributed by atoms with Crippen LogP contribution in [0.3, 0.4) is 0 Å². The van der Waals surface area contributed by atoms with E-state index in [0.29, 0.717) is 5.41 Å². The Morgan fingerprint density at radius 1 is 1.30 bits per heavy atom. The van der Waals surface area contributed by atoms with Gasteiger partial charge in [-0.1, -0.05) is 44.0 Å². The molecule has 0 amide bonds. The summed E-state index contributed by atoms with van der Waals surface area (Å²) in [6.45, 7) is 6.01. The van der Waals surface area contributed by atoms with Gasteiger partial charge >= 0.3 is 5.97 Å². The third-order valence-electron chi connectivity index (χ3n) is 4.54. The second kappa shape index (κ2) is 6.40. The lowest BCUT2D eigenvalue weighted by Gasteiger charge is -2.23. The van der Waals surface area contributed by atoms with E-state index in [-0.39, 0.29) is 0 Å². The summed E-state index contributed by atoms with van der Waals surface area (Å²) < 4.78 is 0. The van der Waals surface area contributed by atoms with Crippen LogP contribution in [0.4, 0.5) is 0 Å². The fourth-order valence-corrected chi connectivity index (χ4v) is 2.98. The molecular formula is C17H25NO2. The molecule has 0 radical (unpaired) electrons. The first kappa shape index (κ1) is 15.0. The smallest absolute Gasteiger partial charge is 0.310 e. The van der Waals surface area contributed by atoms with Crippen LogP contribution in [-0.4, -0.2) is 17.6 Å². The van der Waals surface area contributed by atoms with Gasteiger partial charge < -0.3 is 10.4 Å². The number of carboxylic acid groups (broad SMARTS) is 1. The van der Waals surface area contributed by atoms with E-state index in [0.717, 1.165) is 18.7 Å². The Morgan fingerprint density at radius 2 is 1.90 bits per heavy atom. The molecule has 110 valence electrons. The fourth-order valence-electron chi connectivity index (χ4n) is 2.98. The maximum Gasteiger partial charge on any atom is 0.310 e. The SMILES string of the molecule is CC(C(=O)O)c1ccc(CNCC2(C)CCCC2)cc1. The van der Waals surface area contributed by atoms with Gasteiger partial charge in [0.15, 0.2) is 0 Å². The van der Waals surface area contributed by atoms with E-state index in [4.69, 9.17) is 5.11 Å². The van der Waals surface area contributed by atoms with E-state index in [2.05, 4.69) is 12.2 Å². The maximum absolute atomic E-state index is 10.9. The lowest BCUT2D eigenvalue weighted by atomic mass is 9.89. The van der Waals surface area contributed by atoms with E-state index in [9.17, 15) is 4.79 Å². The first-order valence-electron chi connectivity index (χ1n) is 7.53. The van der Waals surface area contributed by atoms with Crippen molar-refractivity contribution in [1.29, 1.82) is 0 Å². The minimum absolute atomic E-state index is 0.436. The quantitative estimate of drug-likeness (QED) is 0.834. The number of hydrogen-bond donors (Lipinski definition) is 2. The summed E-state index contributed by atoms with van der Waals surface area (Å²) in [6, 6.07) is 7.90. The molecule has 0 aliphatic heterocycles. The van der Waals surface area contributed by atoms with Crippen LogP contribution in [0, 0.1) is 5.41 Å². The molecule has 0 heterocycles. The molecule has 0 saturated heterocycles. The monoisotopic (exact) mass is 275 g/mol. The van der Waals surface area contributed by atoms with E-state index in [1.54, 1.807) is 6.92 Å². The van der Waals surface area contributed by atoms with Crippen molar-refractivity contribution < 1.29 is 9.90 Å². The van der Waals surface area contributed by atoms with Crippen molar-refractivity contribution in [2.45, 2.75) is 52.0 Å². The molecule has 20 heavy (non-hydrogen) atoms. The van der Waals surface area contributed by atoms with Crippen molar-refractivity contribution >= 4 is 5.97 Å². The molecule has 1 atom stereocenters. The zero-order chi connectivity index (χ0) is 14.6. The summed E-state index contributed by atoms with van der Waals surface area (Å²) in [5.74, 6) is -1.21. The van der Waals surface area contributed by atoms with Crippen molar-refractivity contribution in [3.63, 3.8) is 0 Å². The average Bonchev–Trinajstić information content (AvgIpc) is 2.85. The van der Waals surface area contributed by atoms with E-state index < -0.39 is 11.9 Å². The second-order valence-electron chi connectivity index (χ2n) is 6.42. The van der Waals surface area contributed by atoms with E-state index in [1.165, 1.54) is 31.2 Å². The Kier molecular flexibility index (Phi) is 4.81. The predicted octanol–water partition coefficient (Wildman–Crippen LogP) is 3.54. The molecule has 0 aromatic heterocycles. The van der Waals surface area contributed by atoms with E-state index >= 15 is 0 Å². The van der Waals surface area contributed by atoms with Crippen LogP contribution in [0.2, 0.25) is 0 Å². The molecule has 0 spiro atoms. The molecule has 1 aromatic carbocycles. The van der Waals surface area contributed by atoms with Gasteiger partial charge in [0.25, 0.3) is 0 Å². The van der Waals surface area contributed by atoms with Crippen LogP contribution < -0.4 is 5.32 Å². The minimum atomic E-state index is -0.773.